The topological polar surface area (TPSA) is 215 Å². The Bertz CT molecular complexity index is 1800. The number of phenolic OH excluding ortho intramolecular Hbond substituents is 2. The van der Waals surface area contributed by atoms with Gasteiger partial charge >= 0.3 is 0 Å². The molecule has 15 nitrogen and oxygen atoms in total. The van der Waals surface area contributed by atoms with Crippen LogP contribution in [-0.4, -0.2) is 71.3 Å². The number of hydrogen-bond acceptors (Lipinski definition) is 11. The van der Waals surface area contributed by atoms with Crippen LogP contribution in [0.4, 0.5) is 11.4 Å². The number of rotatable bonds is 2. The standard InChI is InChI=1S/C36H35N5O10/c42-31-19-50-35-21-3-1-4-22(35)12-26-16-30(41(48)49)18-28(34(26)45)14-24-6-2-5-23(13-27-17-29(40(46)47)15-25(11-21)33(27)44)36(24)51-20-32(43)39-10-8-37-7-9-38-31/h1-6,15-18,37,44-45H,7-14,19-20H2,(H,38,42)(H,39,43). The predicted molar refractivity (Wildman–Crippen MR) is 184 cm³/mol. The number of nitro groups is 2. The fourth-order valence-electron chi connectivity index (χ4n) is 6.34. The highest BCUT2D eigenvalue weighted by Crippen LogP contribution is 2.40. The van der Waals surface area contributed by atoms with Crippen LogP contribution >= 0.6 is 0 Å². The second-order valence-electron chi connectivity index (χ2n) is 12.3. The summed E-state index contributed by atoms with van der Waals surface area (Å²) in [6, 6.07) is 15.3. The molecule has 5 N–H and O–H groups in total. The van der Waals surface area contributed by atoms with Gasteiger partial charge in [0.25, 0.3) is 23.2 Å². The number of benzene rings is 4. The van der Waals surface area contributed by atoms with Crippen molar-refractivity contribution in [1.82, 2.24) is 16.0 Å². The zero-order valence-corrected chi connectivity index (χ0v) is 27.4. The normalized spacial score (nSPS) is 15.4. The maximum Gasteiger partial charge on any atom is 0.270 e. The van der Waals surface area contributed by atoms with Gasteiger partial charge in [-0.25, -0.2) is 0 Å². The molecule has 4 aromatic rings. The summed E-state index contributed by atoms with van der Waals surface area (Å²) in [4.78, 5) is 48.8. The Morgan fingerprint density at radius 1 is 0.549 bits per heavy atom. The molecule has 1 aliphatic heterocycles. The van der Waals surface area contributed by atoms with Gasteiger partial charge in [0, 0.05) is 98.4 Å². The van der Waals surface area contributed by atoms with Gasteiger partial charge in [-0.1, -0.05) is 36.4 Å². The van der Waals surface area contributed by atoms with E-state index in [1.807, 2.05) is 0 Å². The van der Waals surface area contributed by atoms with Gasteiger partial charge in [-0.3, -0.25) is 29.8 Å². The lowest BCUT2D eigenvalue weighted by Gasteiger charge is -2.20. The molecule has 1 heterocycles. The van der Waals surface area contributed by atoms with E-state index in [9.17, 15) is 40.0 Å². The van der Waals surface area contributed by atoms with E-state index >= 15 is 0 Å². The molecule has 0 atom stereocenters. The molecule has 6 rings (SSSR count). The average Bonchev–Trinajstić information content (AvgIpc) is 3.09. The third-order valence-corrected chi connectivity index (χ3v) is 8.75. The number of non-ortho nitro benzene ring substituents is 2. The van der Waals surface area contributed by atoms with Crippen molar-refractivity contribution in [3.63, 3.8) is 0 Å². The van der Waals surface area contributed by atoms with E-state index in [0.717, 1.165) is 0 Å². The first-order chi connectivity index (χ1) is 24.6. The van der Waals surface area contributed by atoms with Crippen LogP contribution in [0.5, 0.6) is 23.0 Å². The second-order valence-corrected chi connectivity index (χ2v) is 12.3. The third-order valence-electron chi connectivity index (χ3n) is 8.75. The number of nitrogens with one attached hydrogen (secondary N) is 3. The van der Waals surface area contributed by atoms with Crippen LogP contribution < -0.4 is 25.4 Å². The number of amides is 2. The third kappa shape index (κ3) is 7.99. The highest BCUT2D eigenvalue weighted by molar-refractivity contribution is 5.78. The number of nitrogens with zero attached hydrogens (tertiary/aromatic N) is 2. The largest absolute Gasteiger partial charge is 0.507 e. The Labute approximate surface area is 291 Å². The lowest BCUT2D eigenvalue weighted by Crippen LogP contribution is -2.38. The van der Waals surface area contributed by atoms with E-state index < -0.39 is 34.9 Å². The van der Waals surface area contributed by atoms with Crippen LogP contribution in [0.3, 0.4) is 0 Å². The van der Waals surface area contributed by atoms with Crippen LogP contribution in [0.15, 0.2) is 60.7 Å². The molecule has 51 heavy (non-hydrogen) atoms. The second kappa shape index (κ2) is 15.1. The van der Waals surface area contributed by atoms with Gasteiger partial charge < -0.3 is 35.6 Å². The van der Waals surface area contributed by atoms with Crippen LogP contribution in [0, 0.1) is 20.2 Å². The quantitative estimate of drug-likeness (QED) is 0.133. The minimum Gasteiger partial charge on any atom is -0.507 e. The Balaban J connectivity index is 1.60. The molecule has 2 amide bonds. The van der Waals surface area contributed by atoms with Gasteiger partial charge in [-0.2, -0.15) is 0 Å². The Morgan fingerprint density at radius 3 is 1.20 bits per heavy atom. The molecule has 0 unspecified atom stereocenters. The van der Waals surface area contributed by atoms with E-state index in [2.05, 4.69) is 16.0 Å². The predicted octanol–water partition coefficient (Wildman–Crippen LogP) is 3.18. The molecule has 0 saturated carbocycles. The number of carbonyl (C=O) groups excluding carboxylic acids is 2. The van der Waals surface area contributed by atoms with Crippen molar-refractivity contribution >= 4 is 23.2 Å². The number of fused-ring (bicyclic) bond motifs is 2. The summed E-state index contributed by atoms with van der Waals surface area (Å²) >= 11 is 0. The first-order valence-electron chi connectivity index (χ1n) is 16.3. The molecular formula is C36H35N5O10. The number of phenols is 2. The monoisotopic (exact) mass is 697 g/mol. The zero-order valence-electron chi connectivity index (χ0n) is 27.4. The average molecular weight is 698 g/mol. The number of para-hydroxylation sites is 2. The molecular weight excluding hydrogens is 662 g/mol. The van der Waals surface area contributed by atoms with Gasteiger partial charge in [-0.15, -0.1) is 0 Å². The van der Waals surface area contributed by atoms with Crippen LogP contribution in [-0.2, 0) is 35.3 Å². The van der Waals surface area contributed by atoms with Crippen molar-refractivity contribution in [2.45, 2.75) is 25.7 Å². The Hall–Kier alpha value is -6.22. The molecule has 10 bridgehead atoms. The molecule has 0 saturated heterocycles. The van der Waals surface area contributed by atoms with Crippen molar-refractivity contribution in [1.29, 1.82) is 0 Å². The summed E-state index contributed by atoms with van der Waals surface area (Å²) in [5.74, 6) is -0.795. The van der Waals surface area contributed by atoms with Crippen LogP contribution in [0.2, 0.25) is 0 Å². The number of nitro benzene ring substituents is 2. The molecule has 0 fully saturated rings. The summed E-state index contributed by atoms with van der Waals surface area (Å²) in [5, 5.41) is 56.1. The minimum atomic E-state index is -0.553. The molecule has 264 valence electrons. The molecule has 1 aliphatic carbocycles. The summed E-state index contributed by atoms with van der Waals surface area (Å²) in [7, 11) is 0. The zero-order chi connectivity index (χ0) is 36.1. The summed E-state index contributed by atoms with van der Waals surface area (Å²) in [5.41, 5.74) is 2.22. The summed E-state index contributed by atoms with van der Waals surface area (Å²) in [6.45, 7) is 0.550. The van der Waals surface area contributed by atoms with Crippen molar-refractivity contribution in [2.24, 2.45) is 0 Å². The number of aromatic hydroxyl groups is 2. The van der Waals surface area contributed by atoms with E-state index in [-0.39, 0.29) is 95.4 Å². The van der Waals surface area contributed by atoms with Gasteiger partial charge in [0.2, 0.25) is 0 Å². The van der Waals surface area contributed by atoms with Crippen molar-refractivity contribution < 1.29 is 39.1 Å². The van der Waals surface area contributed by atoms with Crippen molar-refractivity contribution in [3.8, 4) is 23.0 Å². The SMILES string of the molecule is O=C1COc2c3cccc2Cc2cc([N+](=O)[O-])cc(c2O)Cc2cccc(c2OCC(=O)NCCNCCN1)Cc1cc([N+](=O)[O-])cc(c1O)C3. The van der Waals surface area contributed by atoms with Gasteiger partial charge in [0.05, 0.1) is 9.85 Å². The first-order valence-corrected chi connectivity index (χ1v) is 16.3. The van der Waals surface area contributed by atoms with Crippen LogP contribution in [0.1, 0.15) is 44.5 Å². The molecule has 0 aromatic heterocycles. The summed E-state index contributed by atoms with van der Waals surface area (Å²) < 4.78 is 12.2. The van der Waals surface area contributed by atoms with E-state index in [0.29, 0.717) is 35.3 Å². The highest BCUT2D eigenvalue weighted by atomic mass is 16.6. The first kappa shape index (κ1) is 34.6. The van der Waals surface area contributed by atoms with Gasteiger partial charge in [0.15, 0.2) is 13.2 Å². The van der Waals surface area contributed by atoms with Gasteiger partial charge in [-0.05, 0) is 22.3 Å². The Morgan fingerprint density at radius 2 is 0.882 bits per heavy atom. The summed E-state index contributed by atoms with van der Waals surface area (Å²) in [6.07, 6.45) is -0.203. The fourth-order valence-corrected chi connectivity index (χ4v) is 6.34. The molecule has 2 aliphatic rings. The Kier molecular flexibility index (Phi) is 10.3. The van der Waals surface area contributed by atoms with E-state index in [1.54, 1.807) is 36.4 Å². The molecule has 0 radical (unpaired) electrons. The lowest BCUT2D eigenvalue weighted by atomic mass is 9.91. The fraction of sp³-hybridized carbons (Fsp3) is 0.278. The highest BCUT2D eigenvalue weighted by Gasteiger charge is 2.25. The number of carbonyl (C=O) groups is 2. The number of hydrogen-bond donors (Lipinski definition) is 5. The lowest BCUT2D eigenvalue weighted by molar-refractivity contribution is -0.385. The molecule has 0 spiro atoms. The maximum atomic E-state index is 12.8. The molecule has 4 aromatic carbocycles. The van der Waals surface area contributed by atoms with Crippen molar-refractivity contribution in [2.75, 3.05) is 39.4 Å². The van der Waals surface area contributed by atoms with Gasteiger partial charge in [0.1, 0.15) is 23.0 Å². The van der Waals surface area contributed by atoms with Crippen LogP contribution in [0.25, 0.3) is 0 Å². The number of ether oxygens (including phenoxy) is 2. The molecule has 15 heteroatoms. The van der Waals surface area contributed by atoms with E-state index in [1.165, 1.54) is 24.3 Å². The van der Waals surface area contributed by atoms with E-state index in [4.69, 9.17) is 9.47 Å². The maximum absolute atomic E-state index is 12.8. The minimum absolute atomic E-state index is 0.0506. The van der Waals surface area contributed by atoms with Crippen molar-refractivity contribution in [3.05, 3.63) is 125 Å². The smallest absolute Gasteiger partial charge is 0.270 e.